The summed E-state index contributed by atoms with van der Waals surface area (Å²) in [6.07, 6.45) is 0. The molecule has 0 aliphatic rings. The number of methoxy groups -OCH3 is 2. The van der Waals surface area contributed by atoms with Gasteiger partial charge in [0.1, 0.15) is 0 Å². The van der Waals surface area contributed by atoms with E-state index in [4.69, 9.17) is 9.47 Å². The lowest BCUT2D eigenvalue weighted by atomic mass is 10.2. The highest BCUT2D eigenvalue weighted by Crippen LogP contribution is 2.33. The van der Waals surface area contributed by atoms with E-state index in [9.17, 15) is 0 Å². The number of nitrogens with one attached hydrogen (secondary N) is 1. The summed E-state index contributed by atoms with van der Waals surface area (Å²) in [6.45, 7) is 5.22. The van der Waals surface area contributed by atoms with E-state index in [1.165, 1.54) is 0 Å². The van der Waals surface area contributed by atoms with Crippen LogP contribution in [-0.4, -0.2) is 20.8 Å². The predicted octanol–water partition coefficient (Wildman–Crippen LogP) is 3.46. The minimum Gasteiger partial charge on any atom is -0.493 e. The Labute approximate surface area is 118 Å². The first-order valence-corrected chi connectivity index (χ1v) is 6.61. The van der Waals surface area contributed by atoms with E-state index >= 15 is 0 Å². The number of hydrogen-bond acceptors (Lipinski definition) is 3. The lowest BCUT2D eigenvalue weighted by Crippen LogP contribution is -2.14. The molecule has 0 fully saturated rings. The molecule has 0 saturated carbocycles. The number of ether oxygens (including phenoxy) is 2. The third kappa shape index (κ3) is 4.33. The summed E-state index contributed by atoms with van der Waals surface area (Å²) in [7, 11) is 3.25. The van der Waals surface area contributed by atoms with Gasteiger partial charge in [0, 0.05) is 22.0 Å². The number of halogens is 2. The minimum absolute atomic E-state index is 0.716. The van der Waals surface area contributed by atoms with Gasteiger partial charge in [-0.05, 0) is 17.7 Å². The average Bonchev–Trinajstić information content (AvgIpc) is 2.30. The predicted molar refractivity (Wildman–Crippen MR) is 77.0 cm³/mol. The number of rotatable bonds is 6. The van der Waals surface area contributed by atoms with Gasteiger partial charge in [-0.25, -0.2) is 0 Å². The maximum absolute atomic E-state index is 5.26. The van der Waals surface area contributed by atoms with E-state index < -0.39 is 0 Å². The molecule has 0 spiro atoms. The Hall–Kier alpha value is -0.520. The standard InChI is InChI=1S/C12H15Br2NO2/c1-8(13)6-15-7-9-4-11(16-2)12(17-3)5-10(9)14/h4-5,15H,1,6-7H2,2-3H3. The summed E-state index contributed by atoms with van der Waals surface area (Å²) in [6, 6.07) is 3.85. The van der Waals surface area contributed by atoms with Crippen molar-refractivity contribution < 1.29 is 9.47 Å². The normalized spacial score (nSPS) is 10.1. The lowest BCUT2D eigenvalue weighted by molar-refractivity contribution is 0.354. The third-order valence-electron chi connectivity index (χ3n) is 2.18. The van der Waals surface area contributed by atoms with Gasteiger partial charge < -0.3 is 14.8 Å². The van der Waals surface area contributed by atoms with E-state index in [1.807, 2.05) is 12.1 Å². The molecule has 0 heterocycles. The van der Waals surface area contributed by atoms with Crippen LogP contribution in [0.15, 0.2) is 27.7 Å². The zero-order valence-electron chi connectivity index (χ0n) is 9.85. The van der Waals surface area contributed by atoms with Crippen molar-refractivity contribution >= 4 is 31.9 Å². The molecule has 0 bridgehead atoms. The molecule has 3 nitrogen and oxygen atoms in total. The van der Waals surface area contributed by atoms with Crippen LogP contribution in [0.4, 0.5) is 0 Å². The van der Waals surface area contributed by atoms with E-state index in [1.54, 1.807) is 14.2 Å². The Kier molecular flexibility index (Phi) is 6.02. The molecule has 0 unspecified atom stereocenters. The first kappa shape index (κ1) is 14.5. The molecule has 5 heteroatoms. The molecule has 1 aromatic carbocycles. The summed E-state index contributed by atoms with van der Waals surface area (Å²) < 4.78 is 12.4. The lowest BCUT2D eigenvalue weighted by Gasteiger charge is -2.12. The van der Waals surface area contributed by atoms with Gasteiger partial charge in [0.15, 0.2) is 11.5 Å². The van der Waals surface area contributed by atoms with E-state index in [0.29, 0.717) is 5.75 Å². The molecule has 0 amide bonds. The van der Waals surface area contributed by atoms with Crippen molar-refractivity contribution in [1.29, 1.82) is 0 Å². The van der Waals surface area contributed by atoms with Crippen molar-refractivity contribution in [2.75, 3.05) is 20.8 Å². The molecule has 1 aromatic rings. The van der Waals surface area contributed by atoms with Crippen LogP contribution < -0.4 is 14.8 Å². The van der Waals surface area contributed by atoms with Crippen molar-refractivity contribution in [2.24, 2.45) is 0 Å². The van der Waals surface area contributed by atoms with Gasteiger partial charge in [-0.1, -0.05) is 38.4 Å². The fourth-order valence-corrected chi connectivity index (χ4v) is 2.03. The summed E-state index contributed by atoms with van der Waals surface area (Å²) >= 11 is 6.81. The van der Waals surface area contributed by atoms with Gasteiger partial charge in [-0.15, -0.1) is 0 Å². The highest BCUT2D eigenvalue weighted by atomic mass is 79.9. The fraction of sp³-hybridized carbons (Fsp3) is 0.333. The smallest absolute Gasteiger partial charge is 0.161 e. The first-order valence-electron chi connectivity index (χ1n) is 5.03. The zero-order chi connectivity index (χ0) is 12.8. The van der Waals surface area contributed by atoms with Crippen LogP contribution in [0.3, 0.4) is 0 Å². The van der Waals surface area contributed by atoms with Crippen LogP contribution in [0.1, 0.15) is 5.56 Å². The molecule has 94 valence electrons. The first-order chi connectivity index (χ1) is 8.08. The van der Waals surface area contributed by atoms with Gasteiger partial charge >= 0.3 is 0 Å². The largest absolute Gasteiger partial charge is 0.493 e. The van der Waals surface area contributed by atoms with E-state index in [0.717, 1.165) is 33.4 Å². The number of hydrogen-bond donors (Lipinski definition) is 1. The van der Waals surface area contributed by atoms with Crippen LogP contribution in [0.25, 0.3) is 0 Å². The van der Waals surface area contributed by atoms with Crippen molar-refractivity contribution in [1.82, 2.24) is 5.32 Å². The van der Waals surface area contributed by atoms with Crippen molar-refractivity contribution in [3.63, 3.8) is 0 Å². The summed E-state index contributed by atoms with van der Waals surface area (Å²) in [5.41, 5.74) is 1.11. The highest BCUT2D eigenvalue weighted by Gasteiger charge is 2.09. The summed E-state index contributed by atoms with van der Waals surface area (Å²) in [5.74, 6) is 1.44. The molecular formula is C12H15Br2NO2. The van der Waals surface area contributed by atoms with E-state index in [2.05, 4.69) is 43.8 Å². The Morgan fingerprint density at radius 2 is 1.88 bits per heavy atom. The van der Waals surface area contributed by atoms with Crippen molar-refractivity contribution in [3.8, 4) is 11.5 Å². The maximum atomic E-state index is 5.26. The van der Waals surface area contributed by atoms with Gasteiger partial charge in [-0.2, -0.15) is 0 Å². The minimum atomic E-state index is 0.716. The second-order valence-corrected chi connectivity index (χ2v) is 5.40. The molecule has 0 aromatic heterocycles. The molecule has 1 N–H and O–H groups in total. The van der Waals surface area contributed by atoms with Crippen LogP contribution in [0.5, 0.6) is 11.5 Å². The second kappa shape index (κ2) is 7.03. The molecular weight excluding hydrogens is 350 g/mol. The molecule has 0 atom stereocenters. The summed E-state index contributed by atoms with van der Waals surface area (Å²) in [5, 5.41) is 3.26. The van der Waals surface area contributed by atoms with Gasteiger partial charge in [-0.3, -0.25) is 0 Å². The van der Waals surface area contributed by atoms with Crippen LogP contribution >= 0.6 is 31.9 Å². The topological polar surface area (TPSA) is 30.5 Å². The maximum Gasteiger partial charge on any atom is 0.161 e. The fourth-order valence-electron chi connectivity index (χ4n) is 1.36. The molecule has 1 rings (SSSR count). The van der Waals surface area contributed by atoms with Crippen molar-refractivity contribution in [3.05, 3.63) is 33.2 Å². The third-order valence-corrected chi connectivity index (χ3v) is 3.20. The molecule has 17 heavy (non-hydrogen) atoms. The molecule has 0 radical (unpaired) electrons. The van der Waals surface area contributed by atoms with Gasteiger partial charge in [0.25, 0.3) is 0 Å². The van der Waals surface area contributed by atoms with Crippen LogP contribution in [-0.2, 0) is 6.54 Å². The molecule has 0 saturated heterocycles. The van der Waals surface area contributed by atoms with E-state index in [-0.39, 0.29) is 0 Å². The number of benzene rings is 1. The van der Waals surface area contributed by atoms with Crippen LogP contribution in [0.2, 0.25) is 0 Å². The Morgan fingerprint density at radius 1 is 1.29 bits per heavy atom. The van der Waals surface area contributed by atoms with Crippen LogP contribution in [0, 0.1) is 0 Å². The second-order valence-electron chi connectivity index (χ2n) is 3.42. The summed E-state index contributed by atoms with van der Waals surface area (Å²) in [4.78, 5) is 0. The van der Waals surface area contributed by atoms with Gasteiger partial charge in [0.05, 0.1) is 14.2 Å². The monoisotopic (exact) mass is 363 g/mol. The zero-order valence-corrected chi connectivity index (χ0v) is 13.0. The van der Waals surface area contributed by atoms with Gasteiger partial charge in [0.2, 0.25) is 0 Å². The highest BCUT2D eigenvalue weighted by molar-refractivity contribution is 9.11. The van der Waals surface area contributed by atoms with Crippen molar-refractivity contribution in [2.45, 2.75) is 6.54 Å². The SMILES string of the molecule is C=C(Br)CNCc1cc(OC)c(OC)cc1Br. The Bertz CT molecular complexity index is 408. The Morgan fingerprint density at radius 3 is 2.41 bits per heavy atom. The average molecular weight is 365 g/mol. The Balaban J connectivity index is 2.81. The molecule has 0 aliphatic heterocycles. The quantitative estimate of drug-likeness (QED) is 0.838. The molecule has 0 aliphatic carbocycles.